The van der Waals surface area contributed by atoms with Gasteiger partial charge in [-0.05, 0) is 57.7 Å². The molecule has 1 amide bonds. The molecule has 0 bridgehead atoms. The summed E-state index contributed by atoms with van der Waals surface area (Å²) in [6, 6.07) is 3.66. The highest BCUT2D eigenvalue weighted by Gasteiger charge is 2.54. The molecule has 3 nitrogen and oxygen atoms in total. The van der Waals surface area contributed by atoms with Gasteiger partial charge >= 0.3 is 6.09 Å². The Hall–Kier alpha value is -0.450. The van der Waals surface area contributed by atoms with Crippen molar-refractivity contribution in [1.29, 1.82) is 0 Å². The SMILES string of the molecule is CC(C)(C)N(C(=O)O)C1(Cc2cc(Br)cc(Cl)c2Cl)CC1. The Morgan fingerprint density at radius 1 is 1.38 bits per heavy atom. The molecule has 1 aliphatic carbocycles. The topological polar surface area (TPSA) is 40.5 Å². The number of hydrogen-bond acceptors (Lipinski definition) is 1. The quantitative estimate of drug-likeness (QED) is 0.676. The number of benzene rings is 1. The standard InChI is InChI=1S/C15H18BrCl2NO2/c1-14(2,3)19(13(20)21)15(4-5-15)8-9-6-10(16)7-11(17)12(9)18/h6-7H,4-5,8H2,1-3H3,(H,20,21). The van der Waals surface area contributed by atoms with Gasteiger partial charge in [0, 0.05) is 10.0 Å². The number of halogens is 3. The van der Waals surface area contributed by atoms with Crippen LogP contribution in [0.25, 0.3) is 0 Å². The first kappa shape index (κ1) is 16.9. The molecule has 0 aliphatic heterocycles. The van der Waals surface area contributed by atoms with E-state index < -0.39 is 11.6 Å². The van der Waals surface area contributed by atoms with Crippen LogP contribution in [-0.2, 0) is 6.42 Å². The van der Waals surface area contributed by atoms with Crippen molar-refractivity contribution >= 4 is 45.2 Å². The molecule has 1 saturated carbocycles. The zero-order valence-electron chi connectivity index (χ0n) is 12.2. The summed E-state index contributed by atoms with van der Waals surface area (Å²) in [5.41, 5.74) is 0.0479. The number of rotatable bonds is 3. The number of nitrogens with zero attached hydrogens (tertiary/aromatic N) is 1. The molecule has 0 saturated heterocycles. The van der Waals surface area contributed by atoms with Crippen molar-refractivity contribution in [3.8, 4) is 0 Å². The van der Waals surface area contributed by atoms with E-state index in [2.05, 4.69) is 15.9 Å². The molecule has 0 unspecified atom stereocenters. The van der Waals surface area contributed by atoms with Gasteiger partial charge in [0.2, 0.25) is 0 Å². The fraction of sp³-hybridized carbons (Fsp3) is 0.533. The van der Waals surface area contributed by atoms with Gasteiger partial charge in [0.05, 0.1) is 15.6 Å². The van der Waals surface area contributed by atoms with E-state index in [-0.39, 0.29) is 5.54 Å². The van der Waals surface area contributed by atoms with Gasteiger partial charge < -0.3 is 5.11 Å². The molecule has 1 N–H and O–H groups in total. The second-order valence-corrected chi connectivity index (χ2v) is 8.25. The smallest absolute Gasteiger partial charge is 0.408 e. The molecule has 0 heterocycles. The van der Waals surface area contributed by atoms with Crippen LogP contribution >= 0.6 is 39.1 Å². The monoisotopic (exact) mass is 393 g/mol. The van der Waals surface area contributed by atoms with Gasteiger partial charge in [-0.3, -0.25) is 4.90 Å². The molecule has 1 aromatic rings. The molecule has 1 fully saturated rings. The van der Waals surface area contributed by atoms with Crippen molar-refractivity contribution in [2.75, 3.05) is 0 Å². The van der Waals surface area contributed by atoms with E-state index in [1.54, 1.807) is 11.0 Å². The highest BCUT2D eigenvalue weighted by atomic mass is 79.9. The molecule has 1 aromatic carbocycles. The molecule has 2 rings (SSSR count). The van der Waals surface area contributed by atoms with Crippen LogP contribution in [0, 0.1) is 0 Å². The molecule has 0 aromatic heterocycles. The third-order valence-corrected chi connectivity index (χ3v) is 5.05. The highest BCUT2D eigenvalue weighted by molar-refractivity contribution is 9.10. The Morgan fingerprint density at radius 2 is 1.95 bits per heavy atom. The lowest BCUT2D eigenvalue weighted by molar-refractivity contribution is 0.0606. The lowest BCUT2D eigenvalue weighted by Gasteiger charge is -2.40. The first-order valence-corrected chi connectivity index (χ1v) is 8.28. The number of carboxylic acid groups (broad SMARTS) is 1. The van der Waals surface area contributed by atoms with Crippen LogP contribution in [0.1, 0.15) is 39.2 Å². The lowest BCUT2D eigenvalue weighted by Crippen LogP contribution is -2.53. The van der Waals surface area contributed by atoms with E-state index >= 15 is 0 Å². The first-order valence-electron chi connectivity index (χ1n) is 6.73. The van der Waals surface area contributed by atoms with Crippen molar-refractivity contribution in [2.45, 2.75) is 51.1 Å². The van der Waals surface area contributed by atoms with Crippen molar-refractivity contribution in [1.82, 2.24) is 4.90 Å². The Kier molecular flexibility index (Phi) is 4.54. The molecule has 0 atom stereocenters. The van der Waals surface area contributed by atoms with Gasteiger partial charge in [-0.2, -0.15) is 0 Å². The minimum Gasteiger partial charge on any atom is -0.465 e. The van der Waals surface area contributed by atoms with E-state index in [9.17, 15) is 9.90 Å². The molecule has 1 aliphatic rings. The minimum absolute atomic E-state index is 0.377. The summed E-state index contributed by atoms with van der Waals surface area (Å²) >= 11 is 15.8. The lowest BCUT2D eigenvalue weighted by atomic mass is 9.96. The van der Waals surface area contributed by atoms with E-state index in [1.807, 2.05) is 26.8 Å². The molecule has 6 heteroatoms. The number of hydrogen-bond donors (Lipinski definition) is 1. The van der Waals surface area contributed by atoms with Crippen LogP contribution in [0.5, 0.6) is 0 Å². The summed E-state index contributed by atoms with van der Waals surface area (Å²) in [7, 11) is 0. The summed E-state index contributed by atoms with van der Waals surface area (Å²) in [5.74, 6) is 0. The maximum Gasteiger partial charge on any atom is 0.408 e. The third-order valence-electron chi connectivity index (χ3n) is 3.75. The highest BCUT2D eigenvalue weighted by Crippen LogP contribution is 2.49. The average molecular weight is 395 g/mol. The van der Waals surface area contributed by atoms with Crippen molar-refractivity contribution < 1.29 is 9.90 Å². The molecule has 21 heavy (non-hydrogen) atoms. The molecular weight excluding hydrogens is 377 g/mol. The van der Waals surface area contributed by atoms with Crippen LogP contribution in [0.4, 0.5) is 4.79 Å². The molecule has 116 valence electrons. The summed E-state index contributed by atoms with van der Waals surface area (Å²) in [6.07, 6.45) is 1.38. The normalized spacial score (nSPS) is 16.7. The summed E-state index contributed by atoms with van der Waals surface area (Å²) in [5, 5.41) is 10.6. The van der Waals surface area contributed by atoms with Gasteiger partial charge in [-0.15, -0.1) is 0 Å². The maximum atomic E-state index is 11.7. The fourth-order valence-corrected chi connectivity index (χ4v) is 3.97. The third kappa shape index (κ3) is 3.49. The van der Waals surface area contributed by atoms with Crippen molar-refractivity contribution in [3.63, 3.8) is 0 Å². The minimum atomic E-state index is -0.891. The number of carbonyl (C=O) groups is 1. The second-order valence-electron chi connectivity index (χ2n) is 6.55. The van der Waals surface area contributed by atoms with Gasteiger partial charge in [0.1, 0.15) is 0 Å². The average Bonchev–Trinajstić information content (AvgIpc) is 3.02. The Morgan fingerprint density at radius 3 is 2.38 bits per heavy atom. The Bertz CT molecular complexity index is 580. The zero-order valence-corrected chi connectivity index (χ0v) is 15.3. The maximum absolute atomic E-state index is 11.7. The molecule has 0 radical (unpaired) electrons. The predicted molar refractivity (Wildman–Crippen MR) is 89.4 cm³/mol. The van der Waals surface area contributed by atoms with Crippen LogP contribution < -0.4 is 0 Å². The van der Waals surface area contributed by atoms with E-state index in [4.69, 9.17) is 23.2 Å². The van der Waals surface area contributed by atoms with Gasteiger partial charge in [-0.25, -0.2) is 4.79 Å². The van der Waals surface area contributed by atoms with Gasteiger partial charge in [-0.1, -0.05) is 39.1 Å². The summed E-state index contributed by atoms with van der Waals surface area (Å²) in [6.45, 7) is 5.74. The molecular formula is C15H18BrCl2NO2. The van der Waals surface area contributed by atoms with Crippen LogP contribution in [0.3, 0.4) is 0 Å². The first-order chi connectivity index (χ1) is 9.57. The van der Waals surface area contributed by atoms with Crippen LogP contribution in [0.2, 0.25) is 10.0 Å². The Balaban J connectivity index is 2.36. The predicted octanol–water partition coefficient (Wildman–Crippen LogP) is 5.61. The van der Waals surface area contributed by atoms with Crippen molar-refractivity contribution in [3.05, 3.63) is 32.2 Å². The van der Waals surface area contributed by atoms with Crippen LogP contribution in [-0.4, -0.2) is 27.2 Å². The van der Waals surface area contributed by atoms with Gasteiger partial charge in [0.25, 0.3) is 0 Å². The second kappa shape index (κ2) is 5.64. The van der Waals surface area contributed by atoms with Crippen molar-refractivity contribution in [2.24, 2.45) is 0 Å². The number of amides is 1. The fourth-order valence-electron chi connectivity index (χ4n) is 2.92. The van der Waals surface area contributed by atoms with Gasteiger partial charge in [0.15, 0.2) is 0 Å². The molecule has 0 spiro atoms. The Labute approximate surface area is 143 Å². The summed E-state index contributed by atoms with van der Waals surface area (Å²) < 4.78 is 0.848. The zero-order chi connectivity index (χ0) is 16.0. The largest absolute Gasteiger partial charge is 0.465 e. The van der Waals surface area contributed by atoms with Crippen LogP contribution in [0.15, 0.2) is 16.6 Å². The van der Waals surface area contributed by atoms with E-state index in [0.717, 1.165) is 22.9 Å². The summed E-state index contributed by atoms with van der Waals surface area (Å²) in [4.78, 5) is 13.3. The van der Waals surface area contributed by atoms with E-state index in [0.29, 0.717) is 16.5 Å². The van der Waals surface area contributed by atoms with E-state index in [1.165, 1.54) is 0 Å².